The Balaban J connectivity index is 0.00000141. The Hall–Kier alpha value is -1.34. The first-order valence-electron chi connectivity index (χ1n) is 12.1. The summed E-state index contributed by atoms with van der Waals surface area (Å²) in [6.07, 6.45) is 7.74. The highest BCUT2D eigenvalue weighted by molar-refractivity contribution is 5.91. The van der Waals surface area contributed by atoms with E-state index in [0.29, 0.717) is 12.8 Å². The van der Waals surface area contributed by atoms with Crippen molar-refractivity contribution in [2.45, 2.75) is 91.3 Å². The fourth-order valence-electron chi connectivity index (χ4n) is 7.85. The van der Waals surface area contributed by atoms with Crippen molar-refractivity contribution in [3.8, 4) is 0 Å². The number of allylic oxidation sites excluding steroid dienone is 4. The fraction of sp³-hybridized carbons (Fsp3) is 0.769. The monoisotopic (exact) mass is 448 g/mol. The summed E-state index contributed by atoms with van der Waals surface area (Å²) in [5.74, 6) is -0.105. The fourth-order valence-corrected chi connectivity index (χ4v) is 7.85. The Kier molecular flexibility index (Phi) is 7.21. The van der Waals surface area contributed by atoms with Crippen molar-refractivity contribution in [2.75, 3.05) is 6.61 Å². The molecule has 0 radical (unpaired) electrons. The summed E-state index contributed by atoms with van der Waals surface area (Å²) < 4.78 is 12.2. The van der Waals surface area contributed by atoms with Crippen LogP contribution in [-0.2, 0) is 19.1 Å². The van der Waals surface area contributed by atoms with Gasteiger partial charge < -0.3 is 19.7 Å². The SMILES string of the molecule is C/C=C\C1(C)/C(=C\C=O)CCC2[C@@H]1C(O)CC1(C)[C@H]2CC2OC(C)OC21C(=O)CO.CC. The first-order chi connectivity index (χ1) is 15.2. The number of fused-ring (bicyclic) bond motifs is 5. The summed E-state index contributed by atoms with van der Waals surface area (Å²) in [5, 5.41) is 21.3. The highest BCUT2D eigenvalue weighted by Gasteiger charge is 2.75. The molecule has 1 heterocycles. The number of Topliss-reactive ketones (excluding diaryl/α,β-unsaturated/α-hetero) is 1. The van der Waals surface area contributed by atoms with Gasteiger partial charge in [-0.2, -0.15) is 0 Å². The van der Waals surface area contributed by atoms with Crippen LogP contribution in [0.2, 0.25) is 0 Å². The molecule has 1 saturated heterocycles. The first kappa shape index (κ1) is 25.3. The molecule has 0 aromatic heterocycles. The van der Waals surface area contributed by atoms with E-state index in [0.717, 1.165) is 24.7 Å². The quantitative estimate of drug-likeness (QED) is 0.388. The third-order valence-corrected chi connectivity index (χ3v) is 8.79. The Bertz CT molecular complexity index is 789. The van der Waals surface area contributed by atoms with Gasteiger partial charge in [-0.25, -0.2) is 0 Å². The molecule has 32 heavy (non-hydrogen) atoms. The highest BCUT2D eigenvalue weighted by atomic mass is 16.7. The number of aliphatic hydroxyl groups excluding tert-OH is 2. The van der Waals surface area contributed by atoms with Gasteiger partial charge in [0.1, 0.15) is 12.9 Å². The van der Waals surface area contributed by atoms with Gasteiger partial charge >= 0.3 is 0 Å². The minimum Gasteiger partial charge on any atom is -0.393 e. The maximum absolute atomic E-state index is 13.1. The number of ketones is 1. The average Bonchev–Trinajstić information content (AvgIpc) is 3.21. The van der Waals surface area contributed by atoms with E-state index in [-0.39, 0.29) is 23.5 Å². The van der Waals surface area contributed by atoms with Crippen molar-refractivity contribution in [1.29, 1.82) is 0 Å². The lowest BCUT2D eigenvalue weighted by molar-refractivity contribution is -0.197. The van der Waals surface area contributed by atoms with E-state index >= 15 is 0 Å². The first-order valence-corrected chi connectivity index (χ1v) is 12.1. The Morgan fingerprint density at radius 3 is 2.56 bits per heavy atom. The third-order valence-electron chi connectivity index (χ3n) is 8.79. The highest BCUT2D eigenvalue weighted by Crippen LogP contribution is 2.69. The molecule has 180 valence electrons. The van der Waals surface area contributed by atoms with Crippen molar-refractivity contribution in [3.63, 3.8) is 0 Å². The lowest BCUT2D eigenvalue weighted by atomic mass is 9.46. The average molecular weight is 449 g/mol. The van der Waals surface area contributed by atoms with Gasteiger partial charge in [0.2, 0.25) is 0 Å². The lowest BCUT2D eigenvalue weighted by Gasteiger charge is -2.59. The van der Waals surface area contributed by atoms with Gasteiger partial charge in [-0.05, 0) is 57.4 Å². The van der Waals surface area contributed by atoms with Gasteiger partial charge in [0.05, 0.1) is 12.2 Å². The normalized spacial score (nSPS) is 48.6. The molecule has 1 aliphatic heterocycles. The molecule has 2 N–H and O–H groups in total. The van der Waals surface area contributed by atoms with Gasteiger partial charge in [0.15, 0.2) is 17.7 Å². The molecule has 4 fully saturated rings. The molecule has 6 nitrogen and oxygen atoms in total. The largest absolute Gasteiger partial charge is 0.393 e. The zero-order valence-corrected chi connectivity index (χ0v) is 20.3. The second kappa shape index (κ2) is 9.13. The van der Waals surface area contributed by atoms with Crippen molar-refractivity contribution < 1.29 is 29.3 Å². The summed E-state index contributed by atoms with van der Waals surface area (Å²) in [5.41, 5.74) is -1.20. The second-order valence-corrected chi connectivity index (χ2v) is 10.00. The van der Waals surface area contributed by atoms with Crippen LogP contribution in [0.25, 0.3) is 0 Å². The summed E-state index contributed by atoms with van der Waals surface area (Å²) in [6, 6.07) is 0. The maximum atomic E-state index is 13.1. The molecule has 7 unspecified atom stereocenters. The smallest absolute Gasteiger partial charge is 0.193 e. The number of aldehydes is 1. The van der Waals surface area contributed by atoms with Crippen LogP contribution >= 0.6 is 0 Å². The summed E-state index contributed by atoms with van der Waals surface area (Å²) >= 11 is 0. The molecule has 9 atom stereocenters. The molecular weight excluding hydrogens is 408 g/mol. The van der Waals surface area contributed by atoms with Crippen LogP contribution in [0, 0.1) is 28.6 Å². The molecule has 3 saturated carbocycles. The van der Waals surface area contributed by atoms with E-state index in [1.54, 1.807) is 13.0 Å². The number of aliphatic hydroxyl groups is 2. The molecule has 4 aliphatic rings. The van der Waals surface area contributed by atoms with Crippen LogP contribution in [-0.4, -0.2) is 53.0 Å². The van der Waals surface area contributed by atoms with E-state index in [9.17, 15) is 19.8 Å². The second-order valence-electron chi connectivity index (χ2n) is 10.00. The van der Waals surface area contributed by atoms with Gasteiger partial charge in [0, 0.05) is 16.7 Å². The standard InChI is InChI=1S/C24H34O6.C2H6/c1-5-9-22(3)15(8-10-25)6-7-16-17-11-20-24(19(28)13-26,30-14(2)29-20)23(17,4)12-18(27)21(16)22;1-2/h5,8-10,14,16-18,20-21,26-27H,6-7,11-13H2,1-4H3;1-2H3/b9-5-,15-8-;/t14?,16?,17-,18?,20?,21+,22?,23?,24?;/m0./s1. The van der Waals surface area contributed by atoms with Crippen LogP contribution < -0.4 is 0 Å². The van der Waals surface area contributed by atoms with Crippen LogP contribution in [0.15, 0.2) is 23.8 Å². The third kappa shape index (κ3) is 3.29. The van der Waals surface area contributed by atoms with Gasteiger partial charge in [0.25, 0.3) is 0 Å². The van der Waals surface area contributed by atoms with Crippen LogP contribution in [0.5, 0.6) is 0 Å². The van der Waals surface area contributed by atoms with Crippen molar-refractivity contribution in [2.24, 2.45) is 28.6 Å². The van der Waals surface area contributed by atoms with Gasteiger partial charge in [-0.3, -0.25) is 9.59 Å². The Morgan fingerprint density at radius 2 is 1.97 bits per heavy atom. The van der Waals surface area contributed by atoms with E-state index in [2.05, 4.69) is 13.0 Å². The summed E-state index contributed by atoms with van der Waals surface area (Å²) in [7, 11) is 0. The number of rotatable bonds is 4. The topological polar surface area (TPSA) is 93.1 Å². The molecule has 0 spiro atoms. The van der Waals surface area contributed by atoms with E-state index < -0.39 is 41.5 Å². The molecule has 4 rings (SSSR count). The van der Waals surface area contributed by atoms with Crippen molar-refractivity contribution >= 4 is 12.1 Å². The predicted molar refractivity (Wildman–Crippen MR) is 122 cm³/mol. The Morgan fingerprint density at radius 1 is 1.28 bits per heavy atom. The number of carbonyl (C=O) groups excluding carboxylic acids is 2. The summed E-state index contributed by atoms with van der Waals surface area (Å²) in [6.45, 7) is 11.3. The van der Waals surface area contributed by atoms with E-state index in [1.807, 2.05) is 33.8 Å². The molecule has 0 amide bonds. The molecular formula is C26H40O6. The van der Waals surface area contributed by atoms with E-state index in [4.69, 9.17) is 9.47 Å². The molecule has 0 aromatic rings. The minimum atomic E-state index is -1.21. The summed E-state index contributed by atoms with van der Waals surface area (Å²) in [4.78, 5) is 24.4. The molecule has 3 aliphatic carbocycles. The number of ether oxygens (including phenoxy) is 2. The lowest BCUT2D eigenvalue weighted by Crippen LogP contribution is -2.63. The number of hydrogen-bond acceptors (Lipinski definition) is 6. The number of hydrogen-bond donors (Lipinski definition) is 2. The molecule has 0 bridgehead atoms. The van der Waals surface area contributed by atoms with Crippen LogP contribution in [0.4, 0.5) is 0 Å². The zero-order chi connectivity index (χ0) is 23.9. The van der Waals surface area contributed by atoms with Crippen LogP contribution in [0.1, 0.15) is 67.2 Å². The van der Waals surface area contributed by atoms with Crippen molar-refractivity contribution in [1.82, 2.24) is 0 Å². The Labute approximate surface area is 192 Å². The predicted octanol–water partition coefficient (Wildman–Crippen LogP) is 3.60. The van der Waals surface area contributed by atoms with Crippen LogP contribution in [0.3, 0.4) is 0 Å². The van der Waals surface area contributed by atoms with Crippen molar-refractivity contribution in [3.05, 3.63) is 23.8 Å². The van der Waals surface area contributed by atoms with Gasteiger partial charge in [-0.1, -0.05) is 45.4 Å². The zero-order valence-electron chi connectivity index (χ0n) is 20.3. The minimum absolute atomic E-state index is 0.0516. The molecule has 6 heteroatoms. The van der Waals surface area contributed by atoms with Gasteiger partial charge in [-0.15, -0.1) is 0 Å². The number of carbonyl (C=O) groups is 2. The molecule has 0 aromatic carbocycles. The maximum Gasteiger partial charge on any atom is 0.193 e. The van der Waals surface area contributed by atoms with E-state index in [1.165, 1.54) is 0 Å².